The molecule has 0 fully saturated rings. The van der Waals surface area contributed by atoms with Gasteiger partial charge >= 0.3 is 0 Å². The average Bonchev–Trinajstić information content (AvgIpc) is 2.69. The minimum atomic E-state index is -1.07. The summed E-state index contributed by atoms with van der Waals surface area (Å²) in [5.74, 6) is 0.799. The van der Waals surface area contributed by atoms with Crippen molar-refractivity contribution < 1.29 is 10.2 Å². The number of para-hydroxylation sites is 2. The van der Waals surface area contributed by atoms with Gasteiger partial charge < -0.3 is 20.8 Å². The number of anilines is 5. The number of nitrogens with one attached hydrogen (secondary N) is 3. The zero-order valence-corrected chi connectivity index (χ0v) is 14.3. The monoisotopic (exact) mass is 365 g/mol. The maximum absolute atomic E-state index is 9.32. The molecule has 0 aliphatic rings. The van der Waals surface area contributed by atoms with Crippen LogP contribution in [0, 0.1) is 0 Å². The molecule has 27 heavy (non-hydrogen) atoms. The lowest BCUT2D eigenvalue weighted by atomic mass is 10.3. The van der Waals surface area contributed by atoms with Crippen molar-refractivity contribution in [3.05, 3.63) is 60.7 Å². The number of aliphatic hydroxyl groups excluding tert-OH is 2. The molecule has 0 saturated carbocycles. The van der Waals surface area contributed by atoms with Crippen LogP contribution in [0.3, 0.4) is 0 Å². The molecule has 1 heterocycles. The summed E-state index contributed by atoms with van der Waals surface area (Å²) in [7, 11) is 0. The average molecular weight is 365 g/mol. The Hall–Kier alpha value is -3.56. The number of hydrazone groups is 1. The smallest absolute Gasteiger partial charge is 0.250 e. The summed E-state index contributed by atoms with van der Waals surface area (Å²) in [5.41, 5.74) is 4.26. The number of benzene rings is 2. The molecule has 1 atom stereocenters. The Kier molecular flexibility index (Phi) is 6.23. The van der Waals surface area contributed by atoms with Gasteiger partial charge in [-0.25, -0.2) is 5.43 Å². The molecule has 0 radical (unpaired) electrons. The van der Waals surface area contributed by atoms with Gasteiger partial charge in [-0.3, -0.25) is 0 Å². The van der Waals surface area contributed by atoms with Gasteiger partial charge in [0.2, 0.25) is 17.8 Å². The first-order chi connectivity index (χ1) is 13.2. The fourth-order valence-electron chi connectivity index (χ4n) is 2.07. The molecule has 0 aliphatic heterocycles. The van der Waals surface area contributed by atoms with E-state index in [2.05, 4.69) is 36.1 Å². The second kappa shape index (κ2) is 9.22. The van der Waals surface area contributed by atoms with Crippen molar-refractivity contribution in [3.8, 4) is 0 Å². The lowest BCUT2D eigenvalue weighted by Crippen LogP contribution is -2.14. The highest BCUT2D eigenvalue weighted by Crippen LogP contribution is 2.18. The van der Waals surface area contributed by atoms with Crippen LogP contribution in [0.5, 0.6) is 0 Å². The summed E-state index contributed by atoms with van der Waals surface area (Å²) in [4.78, 5) is 12.9. The molecule has 0 spiro atoms. The Morgan fingerprint density at radius 3 is 1.78 bits per heavy atom. The van der Waals surface area contributed by atoms with E-state index < -0.39 is 12.7 Å². The molecule has 0 saturated heterocycles. The van der Waals surface area contributed by atoms with Gasteiger partial charge in [0, 0.05) is 11.4 Å². The highest BCUT2D eigenvalue weighted by Gasteiger charge is 2.07. The van der Waals surface area contributed by atoms with Crippen molar-refractivity contribution in [2.75, 3.05) is 22.7 Å². The Balaban J connectivity index is 1.83. The van der Waals surface area contributed by atoms with Gasteiger partial charge in [-0.1, -0.05) is 36.4 Å². The summed E-state index contributed by atoms with van der Waals surface area (Å²) in [6.45, 7) is -0.427. The van der Waals surface area contributed by atoms with Crippen molar-refractivity contribution in [1.29, 1.82) is 0 Å². The fourth-order valence-corrected chi connectivity index (χ4v) is 2.07. The molecule has 3 aromatic rings. The quantitative estimate of drug-likeness (QED) is 0.303. The normalized spacial score (nSPS) is 11.9. The Morgan fingerprint density at radius 2 is 1.30 bits per heavy atom. The van der Waals surface area contributed by atoms with Gasteiger partial charge in [0.15, 0.2) is 0 Å². The van der Waals surface area contributed by atoms with Crippen LogP contribution in [0.2, 0.25) is 0 Å². The number of aliphatic hydroxyl groups is 2. The molecule has 9 nitrogen and oxygen atoms in total. The van der Waals surface area contributed by atoms with Gasteiger partial charge in [0.05, 0.1) is 12.8 Å². The number of aromatic nitrogens is 3. The van der Waals surface area contributed by atoms with Crippen LogP contribution in [0.4, 0.5) is 29.2 Å². The maximum atomic E-state index is 9.32. The first-order valence-electron chi connectivity index (χ1n) is 8.21. The van der Waals surface area contributed by atoms with Gasteiger partial charge in [-0.15, -0.1) is 0 Å². The Morgan fingerprint density at radius 1 is 0.815 bits per heavy atom. The summed E-state index contributed by atoms with van der Waals surface area (Å²) in [6, 6.07) is 18.9. The number of nitrogens with zero attached hydrogens (tertiary/aromatic N) is 4. The lowest BCUT2D eigenvalue weighted by molar-refractivity contribution is 0.148. The highest BCUT2D eigenvalue weighted by molar-refractivity contribution is 5.64. The second-order valence-electron chi connectivity index (χ2n) is 5.43. The molecular weight excluding hydrogens is 346 g/mol. The number of hydrogen-bond donors (Lipinski definition) is 5. The van der Waals surface area contributed by atoms with E-state index in [-0.39, 0.29) is 5.95 Å². The summed E-state index contributed by atoms with van der Waals surface area (Å²) >= 11 is 0. The van der Waals surface area contributed by atoms with Crippen LogP contribution in [0.15, 0.2) is 65.8 Å². The molecule has 9 heteroatoms. The van der Waals surface area contributed by atoms with Crippen LogP contribution in [-0.4, -0.2) is 44.1 Å². The number of rotatable bonds is 8. The number of hydrogen-bond acceptors (Lipinski definition) is 9. The highest BCUT2D eigenvalue weighted by atomic mass is 16.3. The zero-order valence-electron chi connectivity index (χ0n) is 14.3. The SMILES string of the molecule is OC[C@H](O)/C=N\Nc1nc(Nc2ccccc2)nc(Nc2ccccc2)n1. The maximum Gasteiger partial charge on any atom is 0.250 e. The molecule has 0 aliphatic carbocycles. The predicted octanol–water partition coefficient (Wildman–Crippen LogP) is 2.11. The standard InChI is InChI=1S/C18H19N7O2/c26-12-15(27)11-19-25-18-23-16(20-13-7-3-1-4-8-13)22-17(24-18)21-14-9-5-2-6-10-14/h1-11,15,26-27H,12H2,(H3,20,21,22,23,24,25)/b19-11-/t15-/m1/s1. The van der Waals surface area contributed by atoms with Gasteiger partial charge in [0.1, 0.15) is 6.10 Å². The Labute approximate surface area is 155 Å². The van der Waals surface area contributed by atoms with E-state index in [1.807, 2.05) is 60.7 Å². The van der Waals surface area contributed by atoms with Crippen LogP contribution in [0.25, 0.3) is 0 Å². The van der Waals surface area contributed by atoms with Gasteiger partial charge in [-0.2, -0.15) is 20.1 Å². The van der Waals surface area contributed by atoms with E-state index >= 15 is 0 Å². The molecule has 0 amide bonds. The third-order valence-electron chi connectivity index (χ3n) is 3.29. The molecule has 0 bridgehead atoms. The summed E-state index contributed by atoms with van der Waals surface area (Å²) < 4.78 is 0. The van der Waals surface area contributed by atoms with Crippen molar-refractivity contribution >= 4 is 35.4 Å². The van der Waals surface area contributed by atoms with E-state index in [9.17, 15) is 5.11 Å². The summed E-state index contributed by atoms with van der Waals surface area (Å²) in [6.07, 6.45) is 0.0847. The summed E-state index contributed by atoms with van der Waals surface area (Å²) in [5, 5.41) is 28.1. The van der Waals surface area contributed by atoms with Crippen LogP contribution >= 0.6 is 0 Å². The fraction of sp³-hybridized carbons (Fsp3) is 0.111. The molecule has 5 N–H and O–H groups in total. The minimum absolute atomic E-state index is 0.170. The molecule has 3 rings (SSSR count). The largest absolute Gasteiger partial charge is 0.393 e. The van der Waals surface area contributed by atoms with Crippen molar-refractivity contribution in [2.45, 2.75) is 6.10 Å². The van der Waals surface area contributed by atoms with Crippen molar-refractivity contribution in [2.24, 2.45) is 5.10 Å². The third kappa shape index (κ3) is 5.73. The molecule has 138 valence electrons. The van der Waals surface area contributed by atoms with Crippen LogP contribution in [0.1, 0.15) is 0 Å². The van der Waals surface area contributed by atoms with E-state index in [1.54, 1.807) is 0 Å². The second-order valence-corrected chi connectivity index (χ2v) is 5.43. The van der Waals surface area contributed by atoms with Gasteiger partial charge in [-0.05, 0) is 24.3 Å². The van der Waals surface area contributed by atoms with Crippen LogP contribution in [-0.2, 0) is 0 Å². The van der Waals surface area contributed by atoms with E-state index in [4.69, 9.17) is 5.11 Å². The third-order valence-corrected chi connectivity index (χ3v) is 3.29. The Bertz CT molecular complexity index is 816. The first-order valence-corrected chi connectivity index (χ1v) is 8.21. The van der Waals surface area contributed by atoms with Crippen molar-refractivity contribution in [3.63, 3.8) is 0 Å². The molecular formula is C18H19N7O2. The first kappa shape index (κ1) is 18.2. The minimum Gasteiger partial charge on any atom is -0.393 e. The topological polar surface area (TPSA) is 128 Å². The van der Waals surface area contributed by atoms with E-state index in [0.29, 0.717) is 11.9 Å². The predicted molar refractivity (Wildman–Crippen MR) is 104 cm³/mol. The lowest BCUT2D eigenvalue weighted by Gasteiger charge is -2.10. The van der Waals surface area contributed by atoms with E-state index in [0.717, 1.165) is 17.6 Å². The van der Waals surface area contributed by atoms with E-state index in [1.165, 1.54) is 0 Å². The molecule has 1 aromatic heterocycles. The molecule has 0 unspecified atom stereocenters. The van der Waals surface area contributed by atoms with Crippen molar-refractivity contribution in [1.82, 2.24) is 15.0 Å². The zero-order chi connectivity index (χ0) is 18.9. The molecule has 2 aromatic carbocycles. The van der Waals surface area contributed by atoms with Gasteiger partial charge in [0.25, 0.3) is 0 Å². The van der Waals surface area contributed by atoms with Crippen LogP contribution < -0.4 is 16.1 Å².